The van der Waals surface area contributed by atoms with E-state index in [1.54, 1.807) is 0 Å². The number of allylic oxidation sites excluding steroid dienone is 4. The normalized spacial score (nSPS) is 14.9. The Labute approximate surface area is 112 Å². The fourth-order valence-electron chi connectivity index (χ4n) is 0.851. The Bertz CT molecular complexity index is 116. The maximum atomic E-state index is 4.94. The second-order valence-corrected chi connectivity index (χ2v) is 2.32. The zero-order valence-corrected chi connectivity index (χ0v) is 11.3. The van der Waals surface area contributed by atoms with E-state index in [9.17, 15) is 0 Å². The summed E-state index contributed by atoms with van der Waals surface area (Å²) < 4.78 is 4.94. The Hall–Kier alpha value is 0.604. The molecule has 0 saturated carbocycles. The average molecular weight is 274 g/mol. The minimum absolute atomic E-state index is 0. The van der Waals surface area contributed by atoms with Gasteiger partial charge in [-0.3, -0.25) is 6.08 Å². The average Bonchev–Trinajstić information content (AvgIpc) is 2.67. The van der Waals surface area contributed by atoms with Gasteiger partial charge in [-0.05, 0) is 12.8 Å². The molecule has 2 aliphatic rings. The molecule has 2 rings (SSSR count). The first-order valence-electron chi connectivity index (χ1n) is 3.79. The van der Waals surface area contributed by atoms with Gasteiger partial charge in [-0.2, -0.15) is 6.08 Å². The first-order chi connectivity index (χ1) is 5.00. The maximum absolute atomic E-state index is 4.94. The minimum atomic E-state index is 0. The van der Waals surface area contributed by atoms with Crippen molar-refractivity contribution in [3.05, 3.63) is 31.7 Å². The van der Waals surface area contributed by atoms with Gasteiger partial charge in [0, 0.05) is 13.2 Å². The van der Waals surface area contributed by atoms with E-state index >= 15 is 0 Å². The zero-order valence-electron chi connectivity index (χ0n) is 8.38. The summed E-state index contributed by atoms with van der Waals surface area (Å²) in [6, 6.07) is 0. The summed E-state index contributed by atoms with van der Waals surface area (Å²) in [6.45, 7) is 2.00. The van der Waals surface area contributed by atoms with E-state index in [0.29, 0.717) is 0 Å². The topological polar surface area (TPSA) is 9.23 Å². The summed E-state index contributed by atoms with van der Waals surface area (Å²) in [4.78, 5) is 0. The number of halogens is 2. The van der Waals surface area contributed by atoms with Crippen molar-refractivity contribution in [2.45, 2.75) is 19.3 Å². The molecule has 1 saturated heterocycles. The van der Waals surface area contributed by atoms with E-state index in [1.807, 2.05) is 12.2 Å². The Morgan fingerprint density at radius 3 is 1.79 bits per heavy atom. The summed E-state index contributed by atoms with van der Waals surface area (Å²) in [5.74, 6) is 0. The van der Waals surface area contributed by atoms with E-state index in [-0.39, 0.29) is 50.8 Å². The molecule has 0 aromatic rings. The summed E-state index contributed by atoms with van der Waals surface area (Å²) in [7, 11) is 0. The molecule has 0 aromatic carbocycles. The molecule has 1 aliphatic carbocycles. The largest absolute Gasteiger partial charge is 4.00 e. The smallest absolute Gasteiger partial charge is 1.00 e. The van der Waals surface area contributed by atoms with Crippen molar-refractivity contribution < 1.29 is 48.1 Å². The molecule has 0 spiro atoms. The molecule has 0 bridgehead atoms. The van der Waals surface area contributed by atoms with Crippen molar-refractivity contribution >= 4 is 0 Å². The van der Waals surface area contributed by atoms with Crippen LogP contribution in [0.5, 0.6) is 0 Å². The van der Waals surface area contributed by atoms with Crippen LogP contribution in [0.25, 0.3) is 0 Å². The van der Waals surface area contributed by atoms with Gasteiger partial charge < -0.3 is 37.0 Å². The van der Waals surface area contributed by atoms with Crippen molar-refractivity contribution in [1.82, 2.24) is 0 Å². The molecule has 1 nitrogen and oxygen atoms in total. The Morgan fingerprint density at radius 2 is 1.64 bits per heavy atom. The third-order valence-corrected chi connectivity index (χ3v) is 1.41. The molecule has 14 heavy (non-hydrogen) atoms. The number of hydrogen-bond acceptors (Lipinski definition) is 1. The van der Waals surface area contributed by atoms with Gasteiger partial charge in [0.15, 0.2) is 0 Å². The van der Waals surface area contributed by atoms with Crippen molar-refractivity contribution in [1.29, 1.82) is 0 Å². The van der Waals surface area contributed by atoms with Crippen LogP contribution in [0.2, 0.25) is 0 Å². The molecule has 81 valence electrons. The van der Waals surface area contributed by atoms with Gasteiger partial charge in [-0.15, -0.1) is 6.42 Å². The van der Waals surface area contributed by atoms with Crippen LogP contribution >= 0.6 is 0 Å². The monoisotopic (exact) mass is 273 g/mol. The van der Waals surface area contributed by atoms with Crippen LogP contribution in [0.1, 0.15) is 19.3 Å². The van der Waals surface area contributed by atoms with E-state index in [4.69, 9.17) is 4.74 Å². The standard InChI is InChI=1S/C5H5.C4H8O.CH3.2ClH.V/c2*1-2-4-5-3-1;;;;/h1-3H,4H2;1-4H2;1H3;2*1H;/q-1;;-1;;;+4/p-2. The van der Waals surface area contributed by atoms with E-state index in [1.165, 1.54) is 12.8 Å². The van der Waals surface area contributed by atoms with Gasteiger partial charge in [0.05, 0.1) is 0 Å². The van der Waals surface area contributed by atoms with E-state index < -0.39 is 0 Å². The van der Waals surface area contributed by atoms with Crippen LogP contribution in [-0.4, -0.2) is 13.2 Å². The van der Waals surface area contributed by atoms with Gasteiger partial charge in [0.1, 0.15) is 0 Å². The van der Waals surface area contributed by atoms with Crippen molar-refractivity contribution in [3.63, 3.8) is 0 Å². The van der Waals surface area contributed by atoms with Gasteiger partial charge >= 0.3 is 18.6 Å². The Kier molecular flexibility index (Phi) is 33.0. The van der Waals surface area contributed by atoms with Crippen LogP contribution < -0.4 is 24.8 Å². The third kappa shape index (κ3) is 15.1. The molecule has 1 heterocycles. The second kappa shape index (κ2) is 19.2. The fraction of sp³-hybridized carbons (Fsp3) is 0.500. The van der Waals surface area contributed by atoms with E-state index in [2.05, 4.69) is 12.2 Å². The van der Waals surface area contributed by atoms with Gasteiger partial charge in [0.25, 0.3) is 0 Å². The number of hydrogen-bond donors (Lipinski definition) is 0. The molecule has 0 unspecified atom stereocenters. The fourth-order valence-corrected chi connectivity index (χ4v) is 0.851. The molecule has 0 amide bonds. The minimum Gasteiger partial charge on any atom is -1.00 e. The predicted octanol–water partition coefficient (Wildman–Crippen LogP) is -3.44. The molecule has 4 heteroatoms. The van der Waals surface area contributed by atoms with Crippen LogP contribution in [0.15, 0.2) is 18.2 Å². The SMILES string of the molecule is C1CCOC1.[C-]1=CC=CC1.[CH3-].[Cl-].[Cl-].[V+4]. The molecule has 0 N–H and O–H groups in total. The van der Waals surface area contributed by atoms with Gasteiger partial charge in [-0.1, -0.05) is 0 Å². The molecule has 1 fully saturated rings. The Balaban J connectivity index is -0.0000000556. The zero-order chi connectivity index (χ0) is 7.07. The van der Waals surface area contributed by atoms with Crippen molar-refractivity contribution in [2.75, 3.05) is 13.2 Å². The van der Waals surface area contributed by atoms with Crippen LogP contribution in [-0.2, 0) is 23.3 Å². The third-order valence-electron chi connectivity index (χ3n) is 1.41. The summed E-state index contributed by atoms with van der Waals surface area (Å²) in [5.41, 5.74) is 0. The molecule has 0 atom stereocenters. The number of ether oxygens (including phenoxy) is 1. The quantitative estimate of drug-likeness (QED) is 0.418. The predicted molar refractivity (Wildman–Crippen MR) is 48.0 cm³/mol. The second-order valence-electron chi connectivity index (χ2n) is 2.32. The van der Waals surface area contributed by atoms with Crippen LogP contribution in [0.3, 0.4) is 0 Å². The molecular formula is C10H16Cl2OV. The summed E-state index contributed by atoms with van der Waals surface area (Å²) in [5, 5.41) is 0. The van der Waals surface area contributed by atoms with Crippen molar-refractivity contribution in [3.8, 4) is 0 Å². The molecule has 0 aromatic heterocycles. The van der Waals surface area contributed by atoms with Gasteiger partial charge in [0.2, 0.25) is 0 Å². The maximum Gasteiger partial charge on any atom is 4.00 e. The van der Waals surface area contributed by atoms with Gasteiger partial charge in [-0.25, -0.2) is 12.2 Å². The number of rotatable bonds is 0. The molecular weight excluding hydrogens is 258 g/mol. The van der Waals surface area contributed by atoms with Crippen LogP contribution in [0.4, 0.5) is 0 Å². The Morgan fingerprint density at radius 1 is 1.07 bits per heavy atom. The molecule has 1 radical (unpaired) electrons. The summed E-state index contributed by atoms with van der Waals surface area (Å²) >= 11 is 0. The van der Waals surface area contributed by atoms with Crippen molar-refractivity contribution in [2.24, 2.45) is 0 Å². The van der Waals surface area contributed by atoms with Crippen LogP contribution in [0, 0.1) is 13.5 Å². The molecule has 1 aliphatic heterocycles. The summed E-state index contributed by atoms with van der Waals surface area (Å²) in [6.07, 6.45) is 12.6. The van der Waals surface area contributed by atoms with E-state index in [0.717, 1.165) is 19.6 Å². The first kappa shape index (κ1) is 24.0. The first-order valence-corrected chi connectivity index (χ1v) is 3.79.